The standard InChI is InChI=1S/C31H48O.V.W/c1-20-11-13-28(6)23(21(20)2)12-14-30(8)26(28)10-9-24-25-19-27(4,5)15-17-31(25,22(3)32)18-16-29(24,30)7;;/h9,18,20,23,25-26H,10-17,19H2,1-8H3;;/q-2;;/t20-,23-,25?,26?,28?,29+,30-,31+;;/m0../s1. The van der Waals surface area contributed by atoms with Crippen LogP contribution in [0.3, 0.4) is 0 Å². The summed E-state index contributed by atoms with van der Waals surface area (Å²) < 4.78 is 0. The first-order valence-corrected chi connectivity index (χ1v) is 13.7. The molecule has 5 aliphatic carbocycles. The third-order valence-electron chi connectivity index (χ3n) is 12.7. The van der Waals surface area contributed by atoms with Crippen LogP contribution in [0.15, 0.2) is 11.6 Å². The number of fused-ring (bicyclic) bond motifs is 7. The van der Waals surface area contributed by atoms with Crippen LogP contribution in [0.5, 0.6) is 0 Å². The molecule has 0 saturated heterocycles. The number of rotatable bonds is 1. The molecule has 0 heterocycles. The molecule has 0 aromatic heterocycles. The Morgan fingerprint density at radius 1 is 1.06 bits per heavy atom. The van der Waals surface area contributed by atoms with Gasteiger partial charge in [0, 0.05) is 39.6 Å². The monoisotopic (exact) mass is 671 g/mol. The van der Waals surface area contributed by atoms with E-state index in [9.17, 15) is 4.79 Å². The van der Waals surface area contributed by atoms with Crippen LogP contribution >= 0.6 is 0 Å². The van der Waals surface area contributed by atoms with E-state index in [0.29, 0.717) is 27.9 Å². The molecule has 191 valence electrons. The maximum atomic E-state index is 13.2. The minimum absolute atomic E-state index is 0. The summed E-state index contributed by atoms with van der Waals surface area (Å²) in [7, 11) is 0. The Bertz CT molecular complexity index is 848. The second-order valence-electron chi connectivity index (χ2n) is 14.4. The molecule has 3 heteroatoms. The van der Waals surface area contributed by atoms with E-state index >= 15 is 0 Å². The zero-order valence-electron chi connectivity index (χ0n) is 23.1. The van der Waals surface area contributed by atoms with E-state index in [4.69, 9.17) is 0 Å². The molecule has 34 heavy (non-hydrogen) atoms. The van der Waals surface area contributed by atoms with E-state index in [1.165, 1.54) is 44.9 Å². The average Bonchev–Trinajstić information content (AvgIpc) is 2.71. The SMILES string of the molecule is CC(=O)[C@@]12[CH-]C[C@]3(C)C(=CCC4C5(C)CC[C@H](C)[C-](C)[C@@H]5CC[C@@]43C)C1CC(C)(C)CC2.[V].[W]. The molecular formula is C31H48OVW-2. The van der Waals surface area contributed by atoms with Crippen LogP contribution < -0.4 is 0 Å². The van der Waals surface area contributed by atoms with Crippen molar-refractivity contribution in [1.29, 1.82) is 0 Å². The van der Waals surface area contributed by atoms with Gasteiger partial charge in [-0.05, 0) is 60.7 Å². The predicted octanol–water partition coefficient (Wildman–Crippen LogP) is 8.39. The average molecular weight is 672 g/mol. The van der Waals surface area contributed by atoms with Gasteiger partial charge in [-0.25, -0.2) is 0 Å². The normalized spacial score (nSPS) is 49.6. The first kappa shape index (κ1) is 29.2. The summed E-state index contributed by atoms with van der Waals surface area (Å²) in [6.07, 6.45) is 16.5. The minimum atomic E-state index is -0.199. The first-order chi connectivity index (χ1) is 14.8. The van der Waals surface area contributed by atoms with Gasteiger partial charge >= 0.3 is 0 Å². The Labute approximate surface area is 237 Å². The van der Waals surface area contributed by atoms with Gasteiger partial charge in [0.2, 0.25) is 0 Å². The van der Waals surface area contributed by atoms with Gasteiger partial charge in [-0.2, -0.15) is 25.2 Å². The van der Waals surface area contributed by atoms with E-state index in [1.54, 1.807) is 11.5 Å². The van der Waals surface area contributed by atoms with E-state index < -0.39 is 0 Å². The van der Waals surface area contributed by atoms with Crippen LogP contribution in [0.25, 0.3) is 0 Å². The number of hydrogen-bond donors (Lipinski definition) is 0. The Morgan fingerprint density at radius 2 is 1.74 bits per heavy atom. The minimum Gasteiger partial charge on any atom is -0.314 e. The largest absolute Gasteiger partial charge is 0.314 e. The molecule has 0 bridgehead atoms. The molecule has 1 nitrogen and oxygen atoms in total. The van der Waals surface area contributed by atoms with Crippen molar-refractivity contribution in [2.75, 3.05) is 0 Å². The third-order valence-corrected chi connectivity index (χ3v) is 12.7. The van der Waals surface area contributed by atoms with Gasteiger partial charge in [-0.15, -0.1) is 0 Å². The molecule has 0 aliphatic heterocycles. The van der Waals surface area contributed by atoms with Crippen molar-refractivity contribution in [2.45, 2.75) is 113 Å². The van der Waals surface area contributed by atoms with Crippen LogP contribution in [0, 0.1) is 63.1 Å². The van der Waals surface area contributed by atoms with Gasteiger partial charge in [0.15, 0.2) is 0 Å². The fraction of sp³-hybridized carbons (Fsp3) is 0.839. The fourth-order valence-electron chi connectivity index (χ4n) is 10.1. The molecule has 0 aromatic rings. The molecule has 8 atom stereocenters. The van der Waals surface area contributed by atoms with E-state index in [1.807, 2.05) is 6.92 Å². The molecule has 4 saturated carbocycles. The van der Waals surface area contributed by atoms with E-state index in [0.717, 1.165) is 30.6 Å². The van der Waals surface area contributed by atoms with Crippen LogP contribution in [-0.4, -0.2) is 5.78 Å². The molecule has 0 aromatic carbocycles. The van der Waals surface area contributed by atoms with Gasteiger partial charge < -0.3 is 17.1 Å². The molecular weight excluding hydrogens is 623 g/mol. The van der Waals surface area contributed by atoms with Gasteiger partial charge in [-0.3, -0.25) is 0 Å². The quantitative estimate of drug-likeness (QED) is 0.202. The molecule has 0 N–H and O–H groups in total. The van der Waals surface area contributed by atoms with Gasteiger partial charge in [-0.1, -0.05) is 89.7 Å². The number of Topliss-reactive ketones (excluding diaryl/α,β-unsaturated/α-hetero) is 1. The second-order valence-corrected chi connectivity index (χ2v) is 14.4. The van der Waals surface area contributed by atoms with Gasteiger partial charge in [0.1, 0.15) is 5.78 Å². The molecule has 1 radical (unpaired) electrons. The predicted molar refractivity (Wildman–Crippen MR) is 134 cm³/mol. The van der Waals surface area contributed by atoms with Crippen LogP contribution in [-0.2, 0) is 44.4 Å². The maximum absolute atomic E-state index is 13.2. The number of hydrogen-bond acceptors (Lipinski definition) is 1. The Morgan fingerprint density at radius 3 is 2.38 bits per heavy atom. The third kappa shape index (κ3) is 3.74. The first-order valence-electron chi connectivity index (χ1n) is 13.7. The Hall–Kier alpha value is 0.683. The molecule has 4 fully saturated rings. The summed E-state index contributed by atoms with van der Waals surface area (Å²) in [5, 5.41) is 0. The summed E-state index contributed by atoms with van der Waals surface area (Å²) >= 11 is 0. The van der Waals surface area contributed by atoms with Crippen molar-refractivity contribution < 1.29 is 44.4 Å². The summed E-state index contributed by atoms with van der Waals surface area (Å²) in [6, 6.07) is 0. The van der Waals surface area contributed by atoms with Crippen LogP contribution in [0.2, 0.25) is 0 Å². The zero-order chi connectivity index (χ0) is 23.3. The molecule has 0 amide bonds. The number of ketones is 1. The van der Waals surface area contributed by atoms with Crippen LogP contribution in [0.1, 0.15) is 113 Å². The maximum Gasteiger partial charge on any atom is 0.106 e. The molecule has 3 unspecified atom stereocenters. The van der Waals surface area contributed by atoms with E-state index in [2.05, 4.69) is 61.0 Å². The number of carbonyl (C=O) groups excluding carboxylic acids is 1. The smallest absolute Gasteiger partial charge is 0.106 e. The fourth-order valence-corrected chi connectivity index (χ4v) is 10.1. The topological polar surface area (TPSA) is 17.1 Å². The zero-order valence-corrected chi connectivity index (χ0v) is 27.4. The van der Waals surface area contributed by atoms with Crippen molar-refractivity contribution in [3.05, 3.63) is 24.0 Å². The van der Waals surface area contributed by atoms with Crippen molar-refractivity contribution in [3.8, 4) is 0 Å². The molecule has 5 aliphatic rings. The van der Waals surface area contributed by atoms with Gasteiger partial charge in [0.25, 0.3) is 0 Å². The van der Waals surface area contributed by atoms with Crippen molar-refractivity contribution in [1.82, 2.24) is 0 Å². The molecule has 5 rings (SSSR count). The van der Waals surface area contributed by atoms with Crippen molar-refractivity contribution >= 4 is 5.78 Å². The Balaban J connectivity index is 0.00000162. The summed E-state index contributed by atoms with van der Waals surface area (Å²) in [4.78, 5) is 13.2. The van der Waals surface area contributed by atoms with E-state index in [-0.39, 0.29) is 50.5 Å². The molecule has 0 spiro atoms. The van der Waals surface area contributed by atoms with Crippen LogP contribution in [0.4, 0.5) is 0 Å². The summed E-state index contributed by atoms with van der Waals surface area (Å²) in [5.74, 6) is 5.01. The van der Waals surface area contributed by atoms with Crippen molar-refractivity contribution in [3.63, 3.8) is 0 Å². The Kier molecular flexibility index (Phi) is 7.88. The van der Waals surface area contributed by atoms with Gasteiger partial charge in [0.05, 0.1) is 0 Å². The summed E-state index contributed by atoms with van der Waals surface area (Å²) in [6.45, 7) is 19.6. The summed E-state index contributed by atoms with van der Waals surface area (Å²) in [5.41, 5.74) is 2.81. The number of carbonyl (C=O) groups is 1. The van der Waals surface area contributed by atoms with Crippen molar-refractivity contribution in [2.24, 2.45) is 50.7 Å². The second kappa shape index (κ2) is 9.16. The number of allylic oxidation sites excluding steroid dienone is 2.